The zero-order valence-electron chi connectivity index (χ0n) is 12.9. The second-order valence-corrected chi connectivity index (χ2v) is 6.82. The molecular formula is C18H27NO2. The number of benzene rings is 1. The van der Waals surface area contributed by atoms with E-state index < -0.39 is 6.10 Å². The van der Waals surface area contributed by atoms with Crippen molar-refractivity contribution in [1.82, 2.24) is 5.32 Å². The number of aryl methyl sites for hydroxylation is 1. The van der Waals surface area contributed by atoms with E-state index in [-0.39, 0.29) is 0 Å². The molecule has 4 unspecified atom stereocenters. The van der Waals surface area contributed by atoms with Crippen molar-refractivity contribution in [3.05, 3.63) is 29.8 Å². The van der Waals surface area contributed by atoms with Crippen LogP contribution in [0, 0.1) is 24.7 Å². The van der Waals surface area contributed by atoms with Gasteiger partial charge in [0, 0.05) is 6.54 Å². The SMILES string of the molecule is Cc1ccccc1OCC(O)CNCC1CC2CCC1C2. The molecular weight excluding hydrogens is 262 g/mol. The lowest BCUT2D eigenvalue weighted by Gasteiger charge is -2.22. The van der Waals surface area contributed by atoms with Crippen molar-refractivity contribution in [2.24, 2.45) is 17.8 Å². The van der Waals surface area contributed by atoms with Crippen LogP contribution in [0.4, 0.5) is 0 Å². The van der Waals surface area contributed by atoms with Crippen LogP contribution in [0.1, 0.15) is 31.2 Å². The maximum atomic E-state index is 10.0. The molecule has 2 fully saturated rings. The summed E-state index contributed by atoms with van der Waals surface area (Å²) in [6.07, 6.45) is 5.28. The first-order chi connectivity index (χ1) is 10.2. The average Bonchev–Trinajstić information content (AvgIpc) is 3.09. The van der Waals surface area contributed by atoms with Crippen molar-refractivity contribution in [1.29, 1.82) is 0 Å². The van der Waals surface area contributed by atoms with Crippen molar-refractivity contribution in [2.75, 3.05) is 19.7 Å². The molecule has 0 radical (unpaired) electrons. The van der Waals surface area contributed by atoms with Crippen molar-refractivity contribution in [3.8, 4) is 5.75 Å². The predicted octanol–water partition coefficient (Wildman–Crippen LogP) is 2.76. The Kier molecular flexibility index (Phi) is 4.81. The number of rotatable bonds is 7. The van der Waals surface area contributed by atoms with E-state index in [0.717, 1.165) is 35.6 Å². The number of aliphatic hydroxyl groups is 1. The Morgan fingerprint density at radius 1 is 1.29 bits per heavy atom. The fraction of sp³-hybridized carbons (Fsp3) is 0.667. The molecule has 2 bridgehead atoms. The van der Waals surface area contributed by atoms with Gasteiger partial charge in [0.25, 0.3) is 0 Å². The van der Waals surface area contributed by atoms with Gasteiger partial charge in [-0.15, -0.1) is 0 Å². The second-order valence-electron chi connectivity index (χ2n) is 6.82. The lowest BCUT2D eigenvalue weighted by Crippen LogP contribution is -2.35. The van der Waals surface area contributed by atoms with Crippen LogP contribution in [-0.2, 0) is 0 Å². The maximum absolute atomic E-state index is 10.0. The van der Waals surface area contributed by atoms with E-state index in [9.17, 15) is 5.11 Å². The van der Waals surface area contributed by atoms with Gasteiger partial charge < -0.3 is 15.2 Å². The maximum Gasteiger partial charge on any atom is 0.122 e. The van der Waals surface area contributed by atoms with Gasteiger partial charge in [0.2, 0.25) is 0 Å². The number of ether oxygens (including phenoxy) is 1. The minimum atomic E-state index is -0.441. The first kappa shape index (κ1) is 14.9. The number of aliphatic hydroxyl groups excluding tert-OH is 1. The zero-order chi connectivity index (χ0) is 14.7. The topological polar surface area (TPSA) is 41.5 Å². The molecule has 116 valence electrons. The van der Waals surface area contributed by atoms with E-state index in [4.69, 9.17) is 4.74 Å². The Morgan fingerprint density at radius 3 is 2.86 bits per heavy atom. The van der Waals surface area contributed by atoms with Crippen LogP contribution in [0.15, 0.2) is 24.3 Å². The Hall–Kier alpha value is -1.06. The molecule has 0 spiro atoms. The molecule has 0 aromatic heterocycles. The summed E-state index contributed by atoms with van der Waals surface area (Å²) >= 11 is 0. The monoisotopic (exact) mass is 289 g/mol. The Morgan fingerprint density at radius 2 is 2.14 bits per heavy atom. The Labute approximate surface area is 127 Å². The summed E-state index contributed by atoms with van der Waals surface area (Å²) in [4.78, 5) is 0. The van der Waals surface area contributed by atoms with Gasteiger partial charge >= 0.3 is 0 Å². The summed E-state index contributed by atoms with van der Waals surface area (Å²) in [6.45, 7) is 4.06. The van der Waals surface area contributed by atoms with E-state index in [0.29, 0.717) is 13.2 Å². The molecule has 2 aliphatic rings. The predicted molar refractivity (Wildman–Crippen MR) is 84.5 cm³/mol. The number of fused-ring (bicyclic) bond motifs is 2. The molecule has 0 aliphatic heterocycles. The van der Waals surface area contributed by atoms with Crippen LogP contribution in [-0.4, -0.2) is 30.9 Å². The van der Waals surface area contributed by atoms with E-state index in [1.165, 1.54) is 25.7 Å². The highest BCUT2D eigenvalue weighted by Gasteiger charge is 2.38. The highest BCUT2D eigenvalue weighted by atomic mass is 16.5. The zero-order valence-corrected chi connectivity index (χ0v) is 12.9. The third kappa shape index (κ3) is 3.78. The van der Waals surface area contributed by atoms with Crippen molar-refractivity contribution < 1.29 is 9.84 Å². The molecule has 2 N–H and O–H groups in total. The number of hydrogen-bond acceptors (Lipinski definition) is 3. The largest absolute Gasteiger partial charge is 0.491 e. The first-order valence-electron chi connectivity index (χ1n) is 8.29. The highest BCUT2D eigenvalue weighted by Crippen LogP contribution is 2.47. The second kappa shape index (κ2) is 6.80. The summed E-state index contributed by atoms with van der Waals surface area (Å²) in [5, 5.41) is 13.5. The van der Waals surface area contributed by atoms with Crippen molar-refractivity contribution in [2.45, 2.75) is 38.7 Å². The van der Waals surface area contributed by atoms with Gasteiger partial charge in [-0.25, -0.2) is 0 Å². The Balaban J connectivity index is 1.33. The normalized spacial score (nSPS) is 28.8. The van der Waals surface area contributed by atoms with Gasteiger partial charge in [-0.1, -0.05) is 24.6 Å². The Bertz CT molecular complexity index is 462. The lowest BCUT2D eigenvalue weighted by atomic mass is 9.89. The number of hydrogen-bond donors (Lipinski definition) is 2. The molecule has 2 saturated carbocycles. The van der Waals surface area contributed by atoms with Gasteiger partial charge in [0.1, 0.15) is 18.5 Å². The third-order valence-corrected chi connectivity index (χ3v) is 5.20. The van der Waals surface area contributed by atoms with Crippen LogP contribution < -0.4 is 10.1 Å². The summed E-state index contributed by atoms with van der Waals surface area (Å²) in [7, 11) is 0. The molecule has 1 aromatic carbocycles. The molecule has 2 aliphatic carbocycles. The van der Waals surface area contributed by atoms with Crippen LogP contribution in [0.25, 0.3) is 0 Å². The highest BCUT2D eigenvalue weighted by molar-refractivity contribution is 5.31. The van der Waals surface area contributed by atoms with Gasteiger partial charge in [-0.2, -0.15) is 0 Å². The van der Waals surface area contributed by atoms with Crippen molar-refractivity contribution >= 4 is 0 Å². The fourth-order valence-corrected chi connectivity index (χ4v) is 4.03. The smallest absolute Gasteiger partial charge is 0.122 e. The lowest BCUT2D eigenvalue weighted by molar-refractivity contribution is 0.104. The minimum Gasteiger partial charge on any atom is -0.491 e. The number of para-hydroxylation sites is 1. The molecule has 0 amide bonds. The number of nitrogens with one attached hydrogen (secondary N) is 1. The third-order valence-electron chi connectivity index (χ3n) is 5.20. The molecule has 4 atom stereocenters. The van der Waals surface area contributed by atoms with Crippen LogP contribution in [0.5, 0.6) is 5.75 Å². The summed E-state index contributed by atoms with van der Waals surface area (Å²) in [6, 6.07) is 7.93. The molecule has 3 heteroatoms. The van der Waals surface area contributed by atoms with Gasteiger partial charge in [0.05, 0.1) is 0 Å². The molecule has 0 saturated heterocycles. The van der Waals surface area contributed by atoms with Gasteiger partial charge in [-0.05, 0) is 62.1 Å². The van der Waals surface area contributed by atoms with Crippen LogP contribution in [0.2, 0.25) is 0 Å². The molecule has 3 nitrogen and oxygen atoms in total. The molecule has 21 heavy (non-hydrogen) atoms. The van der Waals surface area contributed by atoms with E-state index >= 15 is 0 Å². The quantitative estimate of drug-likeness (QED) is 0.811. The van der Waals surface area contributed by atoms with Gasteiger partial charge in [0.15, 0.2) is 0 Å². The van der Waals surface area contributed by atoms with E-state index in [1.54, 1.807) is 0 Å². The van der Waals surface area contributed by atoms with E-state index in [1.807, 2.05) is 31.2 Å². The molecule has 0 heterocycles. The van der Waals surface area contributed by atoms with Crippen LogP contribution in [0.3, 0.4) is 0 Å². The summed E-state index contributed by atoms with van der Waals surface area (Å²) < 4.78 is 5.68. The summed E-state index contributed by atoms with van der Waals surface area (Å²) in [5.74, 6) is 3.65. The van der Waals surface area contributed by atoms with Crippen LogP contribution >= 0.6 is 0 Å². The standard InChI is InChI=1S/C18H27NO2/c1-13-4-2-3-5-18(13)21-12-17(20)11-19-10-16-9-14-6-7-15(16)8-14/h2-5,14-17,19-20H,6-12H2,1H3. The first-order valence-corrected chi connectivity index (χ1v) is 8.29. The van der Waals surface area contributed by atoms with E-state index in [2.05, 4.69) is 5.32 Å². The fourth-order valence-electron chi connectivity index (χ4n) is 4.03. The minimum absolute atomic E-state index is 0.356. The van der Waals surface area contributed by atoms with Gasteiger partial charge in [-0.3, -0.25) is 0 Å². The average molecular weight is 289 g/mol. The van der Waals surface area contributed by atoms with Crippen molar-refractivity contribution in [3.63, 3.8) is 0 Å². The molecule has 3 rings (SSSR count). The summed E-state index contributed by atoms with van der Waals surface area (Å²) in [5.41, 5.74) is 1.11. The molecule has 1 aromatic rings.